The van der Waals surface area contributed by atoms with Gasteiger partial charge in [-0.2, -0.15) is 0 Å². The molecule has 3 aromatic rings. The van der Waals surface area contributed by atoms with E-state index in [1.165, 1.54) is 0 Å². The zero-order chi connectivity index (χ0) is 17.1. The van der Waals surface area contributed by atoms with Crippen molar-refractivity contribution in [3.8, 4) is 0 Å². The summed E-state index contributed by atoms with van der Waals surface area (Å²) in [6, 6.07) is 29.1. The summed E-state index contributed by atoms with van der Waals surface area (Å²) in [4.78, 5) is 4.88. The molecule has 0 bridgehead atoms. The number of hydrogen-bond acceptors (Lipinski definition) is 2. The zero-order valence-electron chi connectivity index (χ0n) is 13.6. The zero-order valence-corrected chi connectivity index (χ0v) is 15.1. The third-order valence-corrected chi connectivity index (χ3v) is 4.90. The maximum atomic E-state index is 4.88. The Kier molecular flexibility index (Phi) is 4.24. The fourth-order valence-electron chi connectivity index (χ4n) is 3.18. The predicted octanol–water partition coefficient (Wildman–Crippen LogP) is 5.37. The molecule has 4 rings (SSSR count). The van der Waals surface area contributed by atoms with E-state index in [0.29, 0.717) is 0 Å². The molecule has 122 valence electrons. The fraction of sp³-hybridized carbons (Fsp3) is 0.0455. The summed E-state index contributed by atoms with van der Waals surface area (Å²) in [5.74, 6) is 0. The minimum absolute atomic E-state index is 0.554. The van der Waals surface area contributed by atoms with Crippen LogP contribution in [0.3, 0.4) is 0 Å². The van der Waals surface area contributed by atoms with Crippen LogP contribution in [-0.2, 0) is 5.54 Å². The Hall–Kier alpha value is -2.65. The van der Waals surface area contributed by atoms with Crippen molar-refractivity contribution >= 4 is 28.0 Å². The van der Waals surface area contributed by atoms with E-state index in [9.17, 15) is 0 Å². The van der Waals surface area contributed by atoms with Gasteiger partial charge in [0.25, 0.3) is 0 Å². The summed E-state index contributed by atoms with van der Waals surface area (Å²) in [7, 11) is 0. The number of halogens is 1. The maximum absolute atomic E-state index is 4.88. The molecule has 0 saturated carbocycles. The molecule has 1 atom stereocenters. The molecule has 0 aliphatic carbocycles. The minimum Gasteiger partial charge on any atom is -0.346 e. The number of nitrogens with one attached hydrogen (secondary N) is 1. The molecule has 0 spiro atoms. The molecule has 1 unspecified atom stereocenters. The van der Waals surface area contributed by atoms with E-state index in [2.05, 4.69) is 81.9 Å². The van der Waals surface area contributed by atoms with Gasteiger partial charge in [0.05, 0.1) is 6.34 Å². The van der Waals surface area contributed by atoms with E-state index in [0.717, 1.165) is 26.9 Å². The molecule has 1 N–H and O–H groups in total. The molecule has 1 aliphatic heterocycles. The Morgan fingerprint density at radius 3 is 2.16 bits per heavy atom. The van der Waals surface area contributed by atoms with Gasteiger partial charge in [-0.3, -0.25) is 4.99 Å². The maximum Gasteiger partial charge on any atom is 0.133 e. The summed E-state index contributed by atoms with van der Waals surface area (Å²) >= 11 is 3.60. The standard InChI is InChI=1S/C22H17BrN2/c23-20-13-7-12-19(14-20)22(18-10-5-2-6-11-18)15-21(24-16-25-22)17-8-3-1-4-9-17/h1-16H,(H,24,25). The van der Waals surface area contributed by atoms with Gasteiger partial charge in [-0.15, -0.1) is 0 Å². The van der Waals surface area contributed by atoms with Crippen LogP contribution in [0.15, 0.2) is 100 Å². The van der Waals surface area contributed by atoms with Crippen LogP contribution in [0.1, 0.15) is 16.7 Å². The van der Waals surface area contributed by atoms with Crippen molar-refractivity contribution in [2.45, 2.75) is 5.54 Å². The van der Waals surface area contributed by atoms with Crippen molar-refractivity contribution < 1.29 is 0 Å². The Morgan fingerprint density at radius 1 is 0.760 bits per heavy atom. The van der Waals surface area contributed by atoms with Crippen molar-refractivity contribution in [2.24, 2.45) is 4.99 Å². The molecule has 3 heteroatoms. The second-order valence-corrected chi connectivity index (χ2v) is 6.89. The molecule has 0 radical (unpaired) electrons. The highest BCUT2D eigenvalue weighted by Crippen LogP contribution is 2.39. The highest BCUT2D eigenvalue weighted by atomic mass is 79.9. The van der Waals surface area contributed by atoms with Gasteiger partial charge < -0.3 is 5.32 Å². The quantitative estimate of drug-likeness (QED) is 0.640. The largest absolute Gasteiger partial charge is 0.346 e. The van der Waals surface area contributed by atoms with E-state index >= 15 is 0 Å². The second kappa shape index (κ2) is 6.69. The van der Waals surface area contributed by atoms with Gasteiger partial charge >= 0.3 is 0 Å². The topological polar surface area (TPSA) is 24.4 Å². The van der Waals surface area contributed by atoms with Crippen molar-refractivity contribution in [1.82, 2.24) is 5.32 Å². The van der Waals surface area contributed by atoms with Crippen molar-refractivity contribution in [1.29, 1.82) is 0 Å². The van der Waals surface area contributed by atoms with Crippen LogP contribution in [0.4, 0.5) is 0 Å². The molecule has 2 nitrogen and oxygen atoms in total. The van der Waals surface area contributed by atoms with Crippen LogP contribution < -0.4 is 5.32 Å². The Balaban J connectivity index is 1.94. The van der Waals surface area contributed by atoms with Crippen LogP contribution in [-0.4, -0.2) is 6.34 Å². The number of nitrogens with zero attached hydrogens (tertiary/aromatic N) is 1. The van der Waals surface area contributed by atoms with Gasteiger partial charge in [0, 0.05) is 10.2 Å². The van der Waals surface area contributed by atoms with Gasteiger partial charge in [-0.05, 0) is 34.9 Å². The highest BCUT2D eigenvalue weighted by molar-refractivity contribution is 9.10. The first-order chi connectivity index (χ1) is 12.3. The molecular formula is C22H17BrN2. The van der Waals surface area contributed by atoms with E-state index in [1.807, 2.05) is 30.3 Å². The van der Waals surface area contributed by atoms with Gasteiger partial charge in [0.2, 0.25) is 0 Å². The van der Waals surface area contributed by atoms with Crippen LogP contribution >= 0.6 is 15.9 Å². The Morgan fingerprint density at radius 2 is 1.44 bits per heavy atom. The fourth-order valence-corrected chi connectivity index (χ4v) is 3.58. The summed E-state index contributed by atoms with van der Waals surface area (Å²) in [6.07, 6.45) is 4.01. The molecule has 0 aromatic heterocycles. The van der Waals surface area contributed by atoms with Crippen molar-refractivity contribution in [3.63, 3.8) is 0 Å². The lowest BCUT2D eigenvalue weighted by Crippen LogP contribution is -2.30. The molecule has 0 amide bonds. The Labute approximate surface area is 156 Å². The highest BCUT2D eigenvalue weighted by Gasteiger charge is 2.34. The Bertz CT molecular complexity index is 933. The number of hydrogen-bond donors (Lipinski definition) is 1. The summed E-state index contributed by atoms with van der Waals surface area (Å²) in [5.41, 5.74) is 3.91. The third kappa shape index (κ3) is 3.03. The first-order valence-corrected chi connectivity index (χ1v) is 8.97. The van der Waals surface area contributed by atoms with E-state index in [-0.39, 0.29) is 0 Å². The van der Waals surface area contributed by atoms with Crippen LogP contribution in [0.25, 0.3) is 5.70 Å². The van der Waals surface area contributed by atoms with Gasteiger partial charge in [-0.25, -0.2) is 0 Å². The normalized spacial score (nSPS) is 19.2. The van der Waals surface area contributed by atoms with Gasteiger partial charge in [0.1, 0.15) is 5.54 Å². The van der Waals surface area contributed by atoms with E-state index < -0.39 is 5.54 Å². The smallest absolute Gasteiger partial charge is 0.133 e. The van der Waals surface area contributed by atoms with Crippen molar-refractivity contribution in [2.75, 3.05) is 0 Å². The number of aliphatic imine (C=N–C) groups is 1. The lowest BCUT2D eigenvalue weighted by atomic mass is 9.81. The van der Waals surface area contributed by atoms with Crippen LogP contribution in [0, 0.1) is 0 Å². The van der Waals surface area contributed by atoms with Gasteiger partial charge in [-0.1, -0.05) is 88.7 Å². The van der Waals surface area contributed by atoms with Gasteiger partial charge in [0.15, 0.2) is 0 Å². The van der Waals surface area contributed by atoms with Crippen LogP contribution in [0.5, 0.6) is 0 Å². The first kappa shape index (κ1) is 15.9. The van der Waals surface area contributed by atoms with E-state index in [4.69, 9.17) is 4.99 Å². The molecule has 25 heavy (non-hydrogen) atoms. The minimum atomic E-state index is -0.554. The third-order valence-electron chi connectivity index (χ3n) is 4.40. The first-order valence-electron chi connectivity index (χ1n) is 8.18. The summed E-state index contributed by atoms with van der Waals surface area (Å²) in [5, 5.41) is 3.30. The number of rotatable bonds is 3. The molecular weight excluding hydrogens is 372 g/mol. The van der Waals surface area contributed by atoms with E-state index in [1.54, 1.807) is 6.34 Å². The molecule has 0 saturated heterocycles. The predicted molar refractivity (Wildman–Crippen MR) is 107 cm³/mol. The lowest BCUT2D eigenvalue weighted by Gasteiger charge is -2.32. The second-order valence-electron chi connectivity index (χ2n) is 5.97. The number of benzene rings is 3. The summed E-state index contributed by atoms with van der Waals surface area (Å²) in [6.45, 7) is 0. The average molecular weight is 389 g/mol. The summed E-state index contributed by atoms with van der Waals surface area (Å²) < 4.78 is 1.05. The SMILES string of the molecule is Brc1cccc(C2(c3ccccc3)C=C(c3ccccc3)NC=N2)c1. The van der Waals surface area contributed by atoms with Crippen molar-refractivity contribution in [3.05, 3.63) is 112 Å². The monoisotopic (exact) mass is 388 g/mol. The molecule has 1 heterocycles. The lowest BCUT2D eigenvalue weighted by molar-refractivity contribution is 0.676. The molecule has 3 aromatic carbocycles. The molecule has 1 aliphatic rings. The average Bonchev–Trinajstić information content (AvgIpc) is 2.69. The molecule has 0 fully saturated rings. The van der Waals surface area contributed by atoms with Crippen LogP contribution in [0.2, 0.25) is 0 Å².